The fraction of sp³-hybridized carbons (Fsp3) is 0.632. The molecule has 0 aliphatic heterocycles. The van der Waals surface area contributed by atoms with E-state index in [0.29, 0.717) is 18.4 Å². The van der Waals surface area contributed by atoms with Crippen molar-refractivity contribution < 1.29 is 4.79 Å². The number of hydrogen-bond acceptors (Lipinski definition) is 2. The normalized spacial score (nSPS) is 37.0. The molecule has 3 nitrogen and oxygen atoms in total. The predicted molar refractivity (Wildman–Crippen MR) is 86.9 cm³/mol. The number of carbonyl (C=O) groups excluding carboxylic acids is 1. The largest absolute Gasteiger partial charge is 0.354 e. The topological polar surface area (TPSA) is 55.1 Å². The van der Waals surface area contributed by atoms with Gasteiger partial charge in [0, 0.05) is 18.5 Å². The summed E-state index contributed by atoms with van der Waals surface area (Å²) in [6.45, 7) is 0.547. The van der Waals surface area contributed by atoms with Crippen molar-refractivity contribution in [1.82, 2.24) is 5.32 Å². The van der Waals surface area contributed by atoms with E-state index in [0.717, 1.165) is 17.4 Å². The molecule has 3 heteroatoms. The summed E-state index contributed by atoms with van der Waals surface area (Å²) in [5.74, 6) is 3.64. The maximum absolute atomic E-state index is 12.7. The molecule has 4 aliphatic carbocycles. The van der Waals surface area contributed by atoms with Gasteiger partial charge in [-0.15, -0.1) is 0 Å². The Morgan fingerprint density at radius 3 is 2.23 bits per heavy atom. The van der Waals surface area contributed by atoms with Crippen molar-refractivity contribution in [3.8, 4) is 0 Å². The predicted octanol–water partition coefficient (Wildman–Crippen LogP) is 2.87. The second-order valence-corrected chi connectivity index (χ2v) is 7.72. The third-order valence-corrected chi connectivity index (χ3v) is 6.25. The molecule has 4 fully saturated rings. The minimum absolute atomic E-state index is 0.109. The second-order valence-electron chi connectivity index (χ2n) is 7.72. The molecule has 0 spiro atoms. The van der Waals surface area contributed by atoms with Gasteiger partial charge in [-0.2, -0.15) is 0 Å². The number of amides is 1. The third kappa shape index (κ3) is 2.56. The monoisotopic (exact) mass is 298 g/mol. The highest BCUT2D eigenvalue weighted by Crippen LogP contribution is 2.56. The van der Waals surface area contributed by atoms with E-state index in [1.807, 2.05) is 30.3 Å². The van der Waals surface area contributed by atoms with Crippen molar-refractivity contribution >= 4 is 5.91 Å². The lowest BCUT2D eigenvalue weighted by Gasteiger charge is -2.53. The molecule has 0 radical (unpaired) electrons. The zero-order chi connectivity index (χ0) is 15.1. The van der Waals surface area contributed by atoms with Crippen LogP contribution in [0.5, 0.6) is 0 Å². The molecule has 22 heavy (non-hydrogen) atoms. The summed E-state index contributed by atoms with van der Waals surface area (Å²) in [7, 11) is 0. The number of carbonyl (C=O) groups is 1. The highest BCUT2D eigenvalue weighted by molar-refractivity contribution is 5.79. The molecule has 1 aromatic rings. The molecule has 118 valence electrons. The first-order valence-corrected chi connectivity index (χ1v) is 8.79. The van der Waals surface area contributed by atoms with Crippen LogP contribution in [0.25, 0.3) is 0 Å². The molecule has 1 amide bonds. The van der Waals surface area contributed by atoms with Gasteiger partial charge in [-0.25, -0.2) is 0 Å². The van der Waals surface area contributed by atoms with Crippen LogP contribution in [-0.2, 0) is 4.79 Å². The van der Waals surface area contributed by atoms with Gasteiger partial charge in [0.2, 0.25) is 5.91 Å². The summed E-state index contributed by atoms with van der Waals surface area (Å²) in [5, 5.41) is 3.14. The van der Waals surface area contributed by atoms with Crippen LogP contribution in [0.4, 0.5) is 0 Å². The maximum atomic E-state index is 12.7. The Morgan fingerprint density at radius 2 is 1.64 bits per heavy atom. The van der Waals surface area contributed by atoms with Gasteiger partial charge in [0.05, 0.1) is 0 Å². The molecule has 5 rings (SSSR count). The zero-order valence-corrected chi connectivity index (χ0v) is 13.1. The number of benzene rings is 1. The smallest absolute Gasteiger partial charge is 0.223 e. The van der Waals surface area contributed by atoms with E-state index in [4.69, 9.17) is 5.73 Å². The summed E-state index contributed by atoms with van der Waals surface area (Å²) < 4.78 is 0. The molecule has 0 heterocycles. The van der Waals surface area contributed by atoms with Gasteiger partial charge in [-0.3, -0.25) is 4.79 Å². The SMILES string of the molecule is NC(CNC(=O)C1C2CC3CC(C2)CC1C3)c1ccccc1. The lowest BCUT2D eigenvalue weighted by atomic mass is 9.51. The van der Waals surface area contributed by atoms with Crippen molar-refractivity contribution in [3.05, 3.63) is 35.9 Å². The van der Waals surface area contributed by atoms with E-state index in [1.54, 1.807) is 0 Å². The third-order valence-electron chi connectivity index (χ3n) is 6.25. The number of nitrogens with two attached hydrogens (primary N) is 1. The Balaban J connectivity index is 1.37. The van der Waals surface area contributed by atoms with E-state index in [9.17, 15) is 4.79 Å². The molecule has 1 atom stereocenters. The average molecular weight is 298 g/mol. The second kappa shape index (κ2) is 5.69. The Kier molecular flexibility index (Phi) is 3.69. The van der Waals surface area contributed by atoms with E-state index < -0.39 is 0 Å². The first-order chi connectivity index (χ1) is 10.7. The first kappa shape index (κ1) is 14.3. The van der Waals surface area contributed by atoms with E-state index in [-0.39, 0.29) is 17.9 Å². The van der Waals surface area contributed by atoms with E-state index >= 15 is 0 Å². The summed E-state index contributed by atoms with van der Waals surface area (Å²) in [6.07, 6.45) is 6.58. The van der Waals surface area contributed by atoms with Crippen LogP contribution >= 0.6 is 0 Å². The molecule has 4 saturated carbocycles. The van der Waals surface area contributed by atoms with E-state index in [2.05, 4.69) is 5.32 Å². The molecular formula is C19H26N2O. The Bertz CT molecular complexity index is 514. The Hall–Kier alpha value is -1.35. The van der Waals surface area contributed by atoms with Crippen LogP contribution in [0.2, 0.25) is 0 Å². The van der Waals surface area contributed by atoms with Crippen molar-refractivity contribution in [2.45, 2.75) is 38.1 Å². The van der Waals surface area contributed by atoms with Crippen molar-refractivity contribution in [1.29, 1.82) is 0 Å². The van der Waals surface area contributed by atoms with Gasteiger partial charge in [-0.1, -0.05) is 30.3 Å². The Morgan fingerprint density at radius 1 is 1.05 bits per heavy atom. The summed E-state index contributed by atoms with van der Waals surface area (Å²) >= 11 is 0. The number of rotatable bonds is 4. The molecule has 0 aromatic heterocycles. The average Bonchev–Trinajstić information content (AvgIpc) is 2.52. The van der Waals surface area contributed by atoms with Crippen molar-refractivity contribution in [3.63, 3.8) is 0 Å². The van der Waals surface area contributed by atoms with Crippen molar-refractivity contribution in [2.75, 3.05) is 6.54 Å². The zero-order valence-electron chi connectivity index (χ0n) is 13.1. The van der Waals surface area contributed by atoms with Gasteiger partial charge < -0.3 is 11.1 Å². The van der Waals surface area contributed by atoms with Crippen LogP contribution in [-0.4, -0.2) is 12.5 Å². The van der Waals surface area contributed by atoms with Crippen LogP contribution in [0, 0.1) is 29.6 Å². The van der Waals surface area contributed by atoms with Crippen LogP contribution in [0.15, 0.2) is 30.3 Å². The summed E-state index contributed by atoms with van der Waals surface area (Å²) in [4.78, 5) is 12.7. The molecule has 1 unspecified atom stereocenters. The molecule has 0 saturated heterocycles. The van der Waals surface area contributed by atoms with Gasteiger partial charge in [0.25, 0.3) is 0 Å². The van der Waals surface area contributed by atoms with Crippen LogP contribution < -0.4 is 11.1 Å². The Labute approximate surface area is 132 Å². The lowest BCUT2D eigenvalue weighted by Crippen LogP contribution is -2.51. The molecule has 3 N–H and O–H groups in total. The van der Waals surface area contributed by atoms with Crippen molar-refractivity contribution in [2.24, 2.45) is 35.3 Å². The highest BCUT2D eigenvalue weighted by Gasteiger charge is 2.50. The van der Waals surface area contributed by atoms with Crippen LogP contribution in [0.3, 0.4) is 0 Å². The molecule has 4 bridgehead atoms. The fourth-order valence-electron chi connectivity index (χ4n) is 5.50. The summed E-state index contributed by atoms with van der Waals surface area (Å²) in [5.41, 5.74) is 7.29. The standard InChI is InChI=1S/C19H26N2O/c20-17(14-4-2-1-3-5-14)11-21-19(22)18-15-7-12-6-13(9-15)10-16(18)8-12/h1-5,12-13,15-18H,6-11,20H2,(H,21,22). The quantitative estimate of drug-likeness (QED) is 0.898. The highest BCUT2D eigenvalue weighted by atomic mass is 16.1. The molecule has 1 aromatic carbocycles. The van der Waals surface area contributed by atoms with Gasteiger partial charge in [0.1, 0.15) is 0 Å². The molecular weight excluding hydrogens is 272 g/mol. The first-order valence-electron chi connectivity index (χ1n) is 8.79. The number of nitrogens with one attached hydrogen (secondary N) is 1. The summed E-state index contributed by atoms with van der Waals surface area (Å²) in [6, 6.07) is 9.92. The van der Waals surface area contributed by atoms with Gasteiger partial charge in [0.15, 0.2) is 0 Å². The van der Waals surface area contributed by atoms with E-state index in [1.165, 1.54) is 32.1 Å². The van der Waals surface area contributed by atoms with Gasteiger partial charge >= 0.3 is 0 Å². The minimum Gasteiger partial charge on any atom is -0.354 e. The molecule has 4 aliphatic rings. The lowest BCUT2D eigenvalue weighted by molar-refractivity contribution is -0.138. The number of hydrogen-bond donors (Lipinski definition) is 2. The van der Waals surface area contributed by atoms with Crippen LogP contribution in [0.1, 0.15) is 43.7 Å². The van der Waals surface area contributed by atoms with Gasteiger partial charge in [-0.05, 0) is 61.3 Å². The fourth-order valence-corrected chi connectivity index (χ4v) is 5.50. The minimum atomic E-state index is -0.109. The maximum Gasteiger partial charge on any atom is 0.223 e.